The van der Waals surface area contributed by atoms with Crippen LogP contribution in [0.4, 0.5) is 0 Å². The number of benzene rings is 1. The molecule has 0 aromatic heterocycles. The quantitative estimate of drug-likeness (QED) is 0.837. The van der Waals surface area contributed by atoms with Crippen molar-refractivity contribution in [3.05, 3.63) is 32.7 Å². The second-order valence-corrected chi connectivity index (χ2v) is 4.06. The molecule has 1 nitrogen and oxygen atoms in total. The molecule has 60 valence electrons. The van der Waals surface area contributed by atoms with Gasteiger partial charge in [-0.1, -0.05) is 6.07 Å². The van der Waals surface area contributed by atoms with Gasteiger partial charge in [0, 0.05) is 8.95 Å². The third kappa shape index (κ3) is 2.29. The van der Waals surface area contributed by atoms with E-state index in [0.29, 0.717) is 0 Å². The summed E-state index contributed by atoms with van der Waals surface area (Å²) in [6, 6.07) is 5.69. The lowest BCUT2D eigenvalue weighted by Gasteiger charge is -2.05. The zero-order valence-corrected chi connectivity index (χ0v) is 9.18. The first-order valence-electron chi connectivity index (χ1n) is 3.24. The Balaban J connectivity index is 3.05. The summed E-state index contributed by atoms with van der Waals surface area (Å²) in [5, 5.41) is 9.20. The molecule has 0 spiro atoms. The van der Waals surface area contributed by atoms with E-state index in [1.807, 2.05) is 18.2 Å². The van der Waals surface area contributed by atoms with Crippen LogP contribution in [0.5, 0.6) is 0 Å². The Morgan fingerprint density at radius 3 is 2.36 bits per heavy atom. The number of halogens is 2. The van der Waals surface area contributed by atoms with Gasteiger partial charge in [-0.25, -0.2) is 0 Å². The highest BCUT2D eigenvalue weighted by molar-refractivity contribution is 9.13. The fraction of sp³-hybridized carbons (Fsp3) is 0.250. The molecule has 0 saturated carbocycles. The van der Waals surface area contributed by atoms with Crippen molar-refractivity contribution in [1.82, 2.24) is 0 Å². The minimum Gasteiger partial charge on any atom is -0.389 e. The van der Waals surface area contributed by atoms with Crippen LogP contribution in [-0.2, 0) is 0 Å². The maximum atomic E-state index is 9.20. The van der Waals surface area contributed by atoms with Crippen molar-refractivity contribution < 1.29 is 5.11 Å². The summed E-state index contributed by atoms with van der Waals surface area (Å²) < 4.78 is 1.97. The monoisotopic (exact) mass is 278 g/mol. The van der Waals surface area contributed by atoms with Gasteiger partial charge in [-0.05, 0) is 56.5 Å². The Morgan fingerprint density at radius 2 is 1.91 bits per heavy atom. The molecular formula is C8H8Br2O. The molecule has 3 heteroatoms. The highest BCUT2D eigenvalue weighted by Crippen LogP contribution is 2.26. The average molecular weight is 280 g/mol. The summed E-state index contributed by atoms with van der Waals surface area (Å²) in [5.41, 5.74) is 0.917. The smallest absolute Gasteiger partial charge is 0.0762 e. The zero-order valence-electron chi connectivity index (χ0n) is 6.01. The molecule has 1 aromatic rings. The van der Waals surface area contributed by atoms with Crippen LogP contribution < -0.4 is 0 Å². The van der Waals surface area contributed by atoms with Gasteiger partial charge in [0.05, 0.1) is 6.10 Å². The minimum absolute atomic E-state index is 0.403. The third-order valence-corrected chi connectivity index (χ3v) is 3.31. The molecule has 0 amide bonds. The van der Waals surface area contributed by atoms with Gasteiger partial charge in [0.1, 0.15) is 0 Å². The van der Waals surface area contributed by atoms with E-state index in [1.54, 1.807) is 6.92 Å². The standard InChI is InChI=1S/C8H8Br2O/c1-5(11)6-2-3-7(9)8(10)4-6/h2-5,11H,1H3/t5-/m0/s1. The lowest BCUT2D eigenvalue weighted by atomic mass is 10.1. The Morgan fingerprint density at radius 1 is 1.27 bits per heavy atom. The van der Waals surface area contributed by atoms with Gasteiger partial charge in [-0.2, -0.15) is 0 Å². The van der Waals surface area contributed by atoms with Crippen molar-refractivity contribution >= 4 is 31.9 Å². The van der Waals surface area contributed by atoms with Crippen molar-refractivity contribution in [1.29, 1.82) is 0 Å². The lowest BCUT2D eigenvalue weighted by Crippen LogP contribution is -1.89. The normalized spacial score (nSPS) is 13.1. The molecule has 0 aliphatic heterocycles. The first-order chi connectivity index (χ1) is 5.11. The Hall–Kier alpha value is 0.140. The molecule has 11 heavy (non-hydrogen) atoms. The van der Waals surface area contributed by atoms with E-state index in [9.17, 15) is 5.11 Å². The van der Waals surface area contributed by atoms with Crippen LogP contribution in [0.3, 0.4) is 0 Å². The van der Waals surface area contributed by atoms with Gasteiger partial charge in [0.2, 0.25) is 0 Å². The molecule has 0 bridgehead atoms. The summed E-state index contributed by atoms with van der Waals surface area (Å²) >= 11 is 6.71. The van der Waals surface area contributed by atoms with E-state index < -0.39 is 6.10 Å². The van der Waals surface area contributed by atoms with E-state index in [2.05, 4.69) is 31.9 Å². The molecule has 1 rings (SSSR count). The van der Waals surface area contributed by atoms with Crippen molar-refractivity contribution in [2.75, 3.05) is 0 Å². The van der Waals surface area contributed by atoms with Crippen LogP contribution in [0.1, 0.15) is 18.6 Å². The summed E-state index contributed by atoms with van der Waals surface area (Å²) in [4.78, 5) is 0. The van der Waals surface area contributed by atoms with Crippen LogP contribution >= 0.6 is 31.9 Å². The first kappa shape index (κ1) is 9.23. The van der Waals surface area contributed by atoms with E-state index >= 15 is 0 Å². The molecule has 0 saturated heterocycles. The molecule has 0 heterocycles. The van der Waals surface area contributed by atoms with Crippen molar-refractivity contribution in [2.24, 2.45) is 0 Å². The summed E-state index contributed by atoms with van der Waals surface area (Å²) in [5.74, 6) is 0. The third-order valence-electron chi connectivity index (χ3n) is 1.43. The summed E-state index contributed by atoms with van der Waals surface area (Å²) in [6.45, 7) is 1.75. The van der Waals surface area contributed by atoms with Gasteiger partial charge in [-0.15, -0.1) is 0 Å². The topological polar surface area (TPSA) is 20.2 Å². The maximum Gasteiger partial charge on any atom is 0.0762 e. The lowest BCUT2D eigenvalue weighted by molar-refractivity contribution is 0.199. The van der Waals surface area contributed by atoms with Crippen molar-refractivity contribution in [3.8, 4) is 0 Å². The molecule has 1 N–H and O–H groups in total. The predicted molar refractivity (Wildman–Crippen MR) is 52.5 cm³/mol. The summed E-state index contributed by atoms with van der Waals surface area (Å²) in [7, 11) is 0. The number of aliphatic hydroxyl groups is 1. The van der Waals surface area contributed by atoms with Crippen LogP contribution in [0.15, 0.2) is 27.1 Å². The second kappa shape index (κ2) is 3.70. The van der Waals surface area contributed by atoms with Crippen LogP contribution in [0.25, 0.3) is 0 Å². The first-order valence-corrected chi connectivity index (χ1v) is 4.83. The SMILES string of the molecule is C[C@H](O)c1ccc(Br)c(Br)c1. The zero-order chi connectivity index (χ0) is 8.43. The van der Waals surface area contributed by atoms with Crippen LogP contribution in [0, 0.1) is 0 Å². The molecule has 0 unspecified atom stereocenters. The minimum atomic E-state index is -0.403. The maximum absolute atomic E-state index is 9.20. The number of aliphatic hydroxyl groups excluding tert-OH is 1. The van der Waals surface area contributed by atoms with E-state index in [4.69, 9.17) is 0 Å². The van der Waals surface area contributed by atoms with E-state index in [-0.39, 0.29) is 0 Å². The van der Waals surface area contributed by atoms with Crippen LogP contribution in [0.2, 0.25) is 0 Å². The summed E-state index contributed by atoms with van der Waals surface area (Å²) in [6.07, 6.45) is -0.403. The van der Waals surface area contributed by atoms with Gasteiger partial charge in [0.25, 0.3) is 0 Å². The van der Waals surface area contributed by atoms with Gasteiger partial charge < -0.3 is 5.11 Å². The van der Waals surface area contributed by atoms with Gasteiger partial charge in [-0.3, -0.25) is 0 Å². The number of hydrogen-bond acceptors (Lipinski definition) is 1. The van der Waals surface area contributed by atoms with Crippen LogP contribution in [-0.4, -0.2) is 5.11 Å². The van der Waals surface area contributed by atoms with Gasteiger partial charge >= 0.3 is 0 Å². The van der Waals surface area contributed by atoms with Crippen molar-refractivity contribution in [3.63, 3.8) is 0 Å². The Labute approximate surface area is 82.7 Å². The molecule has 0 fully saturated rings. The highest BCUT2D eigenvalue weighted by atomic mass is 79.9. The number of hydrogen-bond donors (Lipinski definition) is 1. The molecule has 1 atom stereocenters. The fourth-order valence-electron chi connectivity index (χ4n) is 0.772. The molecular weight excluding hydrogens is 272 g/mol. The number of rotatable bonds is 1. The van der Waals surface area contributed by atoms with Crippen molar-refractivity contribution in [2.45, 2.75) is 13.0 Å². The van der Waals surface area contributed by atoms with E-state index in [1.165, 1.54) is 0 Å². The fourth-order valence-corrected chi connectivity index (χ4v) is 1.42. The van der Waals surface area contributed by atoms with E-state index in [0.717, 1.165) is 14.5 Å². The predicted octanol–water partition coefficient (Wildman–Crippen LogP) is 3.26. The largest absolute Gasteiger partial charge is 0.389 e. The molecule has 0 radical (unpaired) electrons. The van der Waals surface area contributed by atoms with Gasteiger partial charge in [0.15, 0.2) is 0 Å². The molecule has 1 aromatic carbocycles. The average Bonchev–Trinajstić information content (AvgIpc) is 1.94. The molecule has 0 aliphatic rings. The Kier molecular flexibility index (Phi) is 3.10. The Bertz CT molecular complexity index is 258. The molecule has 0 aliphatic carbocycles. The highest BCUT2D eigenvalue weighted by Gasteiger charge is 2.02. The second-order valence-electron chi connectivity index (χ2n) is 2.35.